The molecular formula is C18H18ClF3N2S. The van der Waals surface area contributed by atoms with E-state index in [1.807, 2.05) is 24.3 Å². The third kappa shape index (κ3) is 5.90. The van der Waals surface area contributed by atoms with Crippen molar-refractivity contribution in [3.05, 3.63) is 58.6 Å². The molecule has 0 radical (unpaired) electrons. The SMILES string of the molecule is CCCCc1ccc(NC(=S)Nc2cc(C(F)(F)F)ccc2Cl)cc1. The number of halogens is 4. The van der Waals surface area contributed by atoms with Crippen molar-refractivity contribution in [1.82, 2.24) is 0 Å². The van der Waals surface area contributed by atoms with E-state index in [1.165, 1.54) is 11.6 Å². The zero-order chi connectivity index (χ0) is 18.4. The van der Waals surface area contributed by atoms with Gasteiger partial charge in [-0.3, -0.25) is 0 Å². The number of unbranched alkanes of at least 4 members (excludes halogenated alkanes) is 1. The molecule has 134 valence electrons. The smallest absolute Gasteiger partial charge is 0.332 e. The van der Waals surface area contributed by atoms with Gasteiger partial charge < -0.3 is 10.6 Å². The molecule has 2 nitrogen and oxygen atoms in total. The van der Waals surface area contributed by atoms with Gasteiger partial charge in [-0.25, -0.2) is 0 Å². The van der Waals surface area contributed by atoms with E-state index in [0.717, 1.165) is 37.1 Å². The minimum atomic E-state index is -4.44. The average Bonchev–Trinajstić information content (AvgIpc) is 2.55. The Balaban J connectivity index is 2.02. The summed E-state index contributed by atoms with van der Waals surface area (Å²) in [6.45, 7) is 2.14. The fourth-order valence-electron chi connectivity index (χ4n) is 2.22. The summed E-state index contributed by atoms with van der Waals surface area (Å²) in [5.41, 5.74) is 1.30. The number of benzene rings is 2. The predicted molar refractivity (Wildman–Crippen MR) is 101 cm³/mol. The molecule has 0 heterocycles. The lowest BCUT2D eigenvalue weighted by Crippen LogP contribution is -2.19. The van der Waals surface area contributed by atoms with Crippen LogP contribution >= 0.6 is 23.8 Å². The van der Waals surface area contributed by atoms with E-state index in [0.29, 0.717) is 0 Å². The minimum Gasteiger partial charge on any atom is -0.332 e. The van der Waals surface area contributed by atoms with Crippen molar-refractivity contribution in [3.63, 3.8) is 0 Å². The maximum atomic E-state index is 12.8. The van der Waals surface area contributed by atoms with Crippen molar-refractivity contribution in [3.8, 4) is 0 Å². The van der Waals surface area contributed by atoms with Gasteiger partial charge in [-0.15, -0.1) is 0 Å². The van der Waals surface area contributed by atoms with E-state index in [1.54, 1.807) is 0 Å². The molecule has 0 spiro atoms. The number of hydrogen-bond acceptors (Lipinski definition) is 1. The van der Waals surface area contributed by atoms with Crippen molar-refractivity contribution in [2.24, 2.45) is 0 Å². The predicted octanol–water partition coefficient (Wildman–Crippen LogP) is 6.51. The standard InChI is InChI=1S/C18H18ClF3N2S/c1-2-3-4-12-5-8-14(9-6-12)23-17(25)24-16-11-13(18(20,21)22)7-10-15(16)19/h5-11H,2-4H2,1H3,(H2,23,24,25). The summed E-state index contributed by atoms with van der Waals surface area (Å²) in [5.74, 6) is 0. The Morgan fingerprint density at radius 1 is 1.08 bits per heavy atom. The first-order valence-electron chi connectivity index (χ1n) is 7.83. The average molecular weight is 387 g/mol. The Morgan fingerprint density at radius 2 is 1.76 bits per heavy atom. The lowest BCUT2D eigenvalue weighted by atomic mass is 10.1. The number of nitrogens with one attached hydrogen (secondary N) is 2. The van der Waals surface area contributed by atoms with E-state index < -0.39 is 11.7 Å². The van der Waals surface area contributed by atoms with Crippen LogP contribution in [0, 0.1) is 0 Å². The Morgan fingerprint density at radius 3 is 2.36 bits per heavy atom. The molecule has 0 amide bonds. The lowest BCUT2D eigenvalue weighted by molar-refractivity contribution is -0.137. The Labute approximate surface area is 155 Å². The molecule has 0 aliphatic rings. The van der Waals surface area contributed by atoms with Crippen LogP contribution in [0.1, 0.15) is 30.9 Å². The number of rotatable bonds is 5. The van der Waals surface area contributed by atoms with Gasteiger partial charge in [-0.05, 0) is 61.0 Å². The maximum Gasteiger partial charge on any atom is 0.416 e. The zero-order valence-electron chi connectivity index (χ0n) is 13.6. The number of aryl methyl sites for hydroxylation is 1. The van der Waals surface area contributed by atoms with Gasteiger partial charge in [0.15, 0.2) is 5.11 Å². The highest BCUT2D eigenvalue weighted by molar-refractivity contribution is 7.80. The molecular weight excluding hydrogens is 369 g/mol. The summed E-state index contributed by atoms with van der Waals surface area (Å²) >= 11 is 11.1. The highest BCUT2D eigenvalue weighted by atomic mass is 35.5. The normalized spacial score (nSPS) is 11.2. The summed E-state index contributed by atoms with van der Waals surface area (Å²) in [7, 11) is 0. The Hall–Kier alpha value is -1.79. The molecule has 0 bridgehead atoms. The van der Waals surface area contributed by atoms with Crippen molar-refractivity contribution >= 4 is 40.3 Å². The van der Waals surface area contributed by atoms with Gasteiger partial charge in [0.2, 0.25) is 0 Å². The fraction of sp³-hybridized carbons (Fsp3) is 0.278. The molecule has 0 aromatic heterocycles. The van der Waals surface area contributed by atoms with Crippen LogP contribution < -0.4 is 10.6 Å². The highest BCUT2D eigenvalue weighted by Crippen LogP contribution is 2.33. The summed E-state index contributed by atoms with van der Waals surface area (Å²) in [6, 6.07) is 10.8. The number of hydrogen-bond donors (Lipinski definition) is 2. The zero-order valence-corrected chi connectivity index (χ0v) is 15.2. The maximum absolute atomic E-state index is 12.8. The van der Waals surface area contributed by atoms with Crippen LogP contribution in [-0.2, 0) is 12.6 Å². The number of anilines is 2. The fourth-order valence-corrected chi connectivity index (χ4v) is 2.61. The summed E-state index contributed by atoms with van der Waals surface area (Å²) < 4.78 is 38.4. The molecule has 0 saturated carbocycles. The Bertz CT molecular complexity index is 730. The molecule has 2 aromatic carbocycles. The van der Waals surface area contributed by atoms with Crippen LogP contribution in [0.4, 0.5) is 24.5 Å². The van der Waals surface area contributed by atoms with E-state index in [-0.39, 0.29) is 15.8 Å². The van der Waals surface area contributed by atoms with E-state index in [4.69, 9.17) is 23.8 Å². The lowest BCUT2D eigenvalue weighted by Gasteiger charge is -2.14. The molecule has 0 unspecified atom stereocenters. The second-order valence-corrected chi connectivity index (χ2v) is 6.39. The first-order valence-corrected chi connectivity index (χ1v) is 8.62. The molecule has 0 saturated heterocycles. The quantitative estimate of drug-likeness (QED) is 0.573. The molecule has 0 atom stereocenters. The monoisotopic (exact) mass is 386 g/mol. The van der Waals surface area contributed by atoms with Gasteiger partial charge in [0, 0.05) is 5.69 Å². The van der Waals surface area contributed by atoms with Crippen LogP contribution in [-0.4, -0.2) is 5.11 Å². The summed E-state index contributed by atoms with van der Waals surface area (Å²) in [6.07, 6.45) is -1.17. The molecule has 25 heavy (non-hydrogen) atoms. The van der Waals surface area contributed by atoms with Gasteiger partial charge >= 0.3 is 6.18 Å². The largest absolute Gasteiger partial charge is 0.416 e. The van der Waals surface area contributed by atoms with Gasteiger partial charge in [0.25, 0.3) is 0 Å². The highest BCUT2D eigenvalue weighted by Gasteiger charge is 2.31. The van der Waals surface area contributed by atoms with E-state index >= 15 is 0 Å². The molecule has 7 heteroatoms. The van der Waals surface area contributed by atoms with Crippen molar-refractivity contribution < 1.29 is 13.2 Å². The van der Waals surface area contributed by atoms with E-state index in [2.05, 4.69) is 17.6 Å². The second-order valence-electron chi connectivity index (χ2n) is 5.57. The van der Waals surface area contributed by atoms with Gasteiger partial charge in [-0.2, -0.15) is 13.2 Å². The molecule has 0 aliphatic heterocycles. The second kappa shape index (κ2) is 8.54. The van der Waals surface area contributed by atoms with E-state index in [9.17, 15) is 13.2 Å². The van der Waals surface area contributed by atoms with Crippen LogP contribution in [0.5, 0.6) is 0 Å². The third-order valence-corrected chi connectivity index (χ3v) is 4.11. The van der Waals surface area contributed by atoms with Crippen LogP contribution in [0.15, 0.2) is 42.5 Å². The summed E-state index contributed by atoms with van der Waals surface area (Å²) in [5, 5.41) is 5.98. The molecule has 2 N–H and O–H groups in total. The van der Waals surface area contributed by atoms with Crippen molar-refractivity contribution in [2.45, 2.75) is 32.4 Å². The molecule has 2 rings (SSSR count). The topological polar surface area (TPSA) is 24.1 Å². The number of alkyl halides is 3. The first-order chi connectivity index (χ1) is 11.8. The first kappa shape index (κ1) is 19.5. The van der Waals surface area contributed by atoms with Crippen LogP contribution in [0.3, 0.4) is 0 Å². The van der Waals surface area contributed by atoms with Gasteiger partial charge in [-0.1, -0.05) is 37.1 Å². The molecule has 0 fully saturated rings. The van der Waals surface area contributed by atoms with Gasteiger partial charge in [0.05, 0.1) is 16.3 Å². The summed E-state index contributed by atoms with van der Waals surface area (Å²) in [4.78, 5) is 0. The number of thiocarbonyl (C=S) groups is 1. The van der Waals surface area contributed by atoms with Crippen molar-refractivity contribution in [1.29, 1.82) is 0 Å². The Kier molecular flexibility index (Phi) is 6.67. The van der Waals surface area contributed by atoms with Gasteiger partial charge in [0.1, 0.15) is 0 Å². The van der Waals surface area contributed by atoms with Crippen LogP contribution in [0.2, 0.25) is 5.02 Å². The van der Waals surface area contributed by atoms with Crippen LogP contribution in [0.25, 0.3) is 0 Å². The molecule has 2 aromatic rings. The molecule has 0 aliphatic carbocycles. The van der Waals surface area contributed by atoms with Crippen molar-refractivity contribution in [2.75, 3.05) is 10.6 Å². The third-order valence-electron chi connectivity index (χ3n) is 3.57. The minimum absolute atomic E-state index is 0.105.